The van der Waals surface area contributed by atoms with Gasteiger partial charge in [-0.25, -0.2) is 9.97 Å². The van der Waals surface area contributed by atoms with E-state index in [1.807, 2.05) is 137 Å². The smallest absolute Gasteiger partial charge is 0.508 e. The van der Waals surface area contributed by atoms with Crippen molar-refractivity contribution in [3.8, 4) is 34.6 Å². The van der Waals surface area contributed by atoms with Gasteiger partial charge in [0.2, 0.25) is 12.4 Å². The molecular weight excluding hydrogens is 1260 g/mol. The van der Waals surface area contributed by atoms with Crippen molar-refractivity contribution in [3.63, 3.8) is 0 Å². The van der Waals surface area contributed by atoms with Crippen molar-refractivity contribution in [2.45, 2.75) is 0 Å². The Balaban J connectivity index is 0.00000265. The molecule has 15 heteroatoms. The molecule has 2 aliphatic heterocycles. The Morgan fingerprint density at radius 2 is 1.07 bits per heavy atom. The minimum absolute atomic E-state index is 0. The number of para-hydroxylation sites is 2. The molecule has 5 aromatic carbocycles. The summed E-state index contributed by atoms with van der Waals surface area (Å²) in [6.45, 7) is 0. The summed E-state index contributed by atoms with van der Waals surface area (Å²) in [7, 11) is 8.02. The Labute approximate surface area is 440 Å². The van der Waals surface area contributed by atoms with E-state index in [1.54, 1.807) is 6.20 Å². The average molecular weight is 1300 g/mol. The van der Waals surface area contributed by atoms with E-state index >= 15 is 0 Å². The summed E-state index contributed by atoms with van der Waals surface area (Å²) in [5.74, 6) is 3.59. The third-order valence-electron chi connectivity index (χ3n) is 13.2. The van der Waals surface area contributed by atoms with E-state index in [9.17, 15) is 0 Å². The Bertz CT molecular complexity index is 4200. The fourth-order valence-corrected chi connectivity index (χ4v) is 10.1. The van der Waals surface area contributed by atoms with Crippen molar-refractivity contribution in [2.75, 3.05) is 14.1 Å². The van der Waals surface area contributed by atoms with Gasteiger partial charge in [-0.05, 0) is 47.9 Å². The summed E-state index contributed by atoms with van der Waals surface area (Å²) < 4.78 is 32.2. The minimum atomic E-state index is 0. The molecule has 0 amide bonds. The maximum absolute atomic E-state index is 6.98. The van der Waals surface area contributed by atoms with Crippen LogP contribution >= 0.6 is 0 Å². The van der Waals surface area contributed by atoms with E-state index < -0.39 is 0 Å². The molecule has 13 nitrogen and oxygen atoms in total. The van der Waals surface area contributed by atoms with Gasteiger partial charge in [0.1, 0.15) is 17.3 Å². The maximum Gasteiger partial charge on any atom is 2.00 e. The second-order valence-electron chi connectivity index (χ2n) is 17.4. The van der Waals surface area contributed by atoms with Crippen LogP contribution in [-0.2, 0) is 56.2 Å². The maximum atomic E-state index is 6.98. The van der Waals surface area contributed by atoms with Crippen molar-refractivity contribution in [1.29, 1.82) is 0 Å². The fourth-order valence-electron chi connectivity index (χ4n) is 10.1. The molecule has 0 radical (unpaired) electrons. The van der Waals surface area contributed by atoms with Gasteiger partial charge in [-0.15, -0.1) is 24.3 Å². The molecule has 0 aliphatic carbocycles. The van der Waals surface area contributed by atoms with E-state index in [0.717, 1.165) is 82.4 Å². The standard InChI is InChI=1S/C57H38N11O2.2Pt/c1-60-25-27-64(35-60)37-29-49-54(41-13-5-7-15-45(41)62(49)3)50(30-37)69-39-19-21-43-47(32-39)67(52-17-9-11-23-58-52)57-44-22-20-40(33-48(44)68(56(43)57)53-18-10-12-24-59-53)70-51-31-38(65-28-26-61(2)36-65)34-66-55(51)42-14-6-8-16-46(42)63(66)4;;/h5-29,34H,1-4H3;;/q+1;2*+2. The van der Waals surface area contributed by atoms with Gasteiger partial charge in [-0.3, -0.25) is 0 Å². The number of aryl methyl sites for hydroxylation is 2. The molecule has 9 heterocycles. The number of hydrogen-bond acceptors (Lipinski definition) is 4. The van der Waals surface area contributed by atoms with Crippen LogP contribution in [0.1, 0.15) is 0 Å². The van der Waals surface area contributed by atoms with Crippen LogP contribution in [0.4, 0.5) is 11.4 Å². The van der Waals surface area contributed by atoms with Gasteiger partial charge in [0.25, 0.3) is 12.4 Å². The van der Waals surface area contributed by atoms with E-state index in [-0.39, 0.29) is 42.1 Å². The predicted molar refractivity (Wildman–Crippen MR) is 266 cm³/mol. The van der Waals surface area contributed by atoms with Crippen molar-refractivity contribution in [2.24, 2.45) is 14.1 Å². The number of rotatable bonds is 8. The molecule has 7 aromatic heterocycles. The quantitative estimate of drug-likeness (QED) is 0.112. The Kier molecular flexibility index (Phi) is 10.7. The van der Waals surface area contributed by atoms with Crippen molar-refractivity contribution in [3.05, 3.63) is 183 Å². The third kappa shape index (κ3) is 6.89. The molecule has 0 fully saturated rings. The summed E-state index contributed by atoms with van der Waals surface area (Å²) in [4.78, 5) is 9.85. The SMILES string of the molecule is Cn1c2ccccc2c2c(Oc3[c-]c4c(cc3)c3c(c5ccc(Oc6[c-]c([N+]7=C=[N+](C)C=C7)c[n+]7c6c6ccccc6n7C)[c-]c5n3-c3ccccn3)n4-c3ccccn3)[c-]c([N+]3=C=[N+](C)C=C3)cc21.[Pt+2].[Pt+2]. The first-order valence-electron chi connectivity index (χ1n) is 22.7. The topological polar surface area (TPSA) is 80.1 Å². The Morgan fingerprint density at radius 3 is 1.65 bits per heavy atom. The minimum Gasteiger partial charge on any atom is -0.508 e. The molecule has 0 atom stereocenters. The molecule has 0 N–H and O–H groups in total. The molecule has 72 heavy (non-hydrogen) atoms. The van der Waals surface area contributed by atoms with Gasteiger partial charge in [0.05, 0.1) is 18.3 Å². The van der Waals surface area contributed by atoms with Crippen LogP contribution in [0, 0.1) is 24.3 Å². The zero-order valence-electron chi connectivity index (χ0n) is 38.9. The normalized spacial score (nSPS) is 13.1. The van der Waals surface area contributed by atoms with Gasteiger partial charge >= 0.3 is 54.1 Å². The van der Waals surface area contributed by atoms with Crippen LogP contribution in [0.5, 0.6) is 23.0 Å². The van der Waals surface area contributed by atoms with E-state index in [4.69, 9.17) is 19.4 Å². The second-order valence-corrected chi connectivity index (χ2v) is 17.4. The first kappa shape index (κ1) is 44.9. The summed E-state index contributed by atoms with van der Waals surface area (Å²) in [5.41, 5.74) is 8.95. The molecule has 14 rings (SSSR count). The first-order chi connectivity index (χ1) is 34.3. The van der Waals surface area contributed by atoms with Crippen LogP contribution in [0.2, 0.25) is 0 Å². The van der Waals surface area contributed by atoms with E-state index in [1.165, 1.54) is 0 Å². The molecule has 0 bridgehead atoms. The van der Waals surface area contributed by atoms with Gasteiger partial charge in [0.15, 0.2) is 31.5 Å². The van der Waals surface area contributed by atoms with E-state index in [0.29, 0.717) is 34.6 Å². The van der Waals surface area contributed by atoms with Crippen molar-refractivity contribution in [1.82, 2.24) is 28.4 Å². The summed E-state index contributed by atoms with van der Waals surface area (Å²) in [5, 5.41) is 4.89. The Morgan fingerprint density at radius 1 is 0.528 bits per heavy atom. The average Bonchev–Trinajstić information content (AvgIpc) is 4.25. The number of aromatic nitrogens is 7. The number of hydrogen-bond donors (Lipinski definition) is 0. The summed E-state index contributed by atoms with van der Waals surface area (Å²) in [6.07, 6.45) is 13.5. The molecule has 2 aliphatic rings. The summed E-state index contributed by atoms with van der Waals surface area (Å²) >= 11 is 0. The largest absolute Gasteiger partial charge is 2.00 e. The molecule has 0 saturated carbocycles. The third-order valence-corrected chi connectivity index (χ3v) is 13.2. The molecular formula is C57H38N11O2Pt2+5. The van der Waals surface area contributed by atoms with Crippen LogP contribution in [0.15, 0.2) is 159 Å². The number of nitrogens with zero attached hydrogens (tertiary/aromatic N) is 11. The number of benzene rings is 5. The number of pyridine rings is 3. The van der Waals surface area contributed by atoms with Gasteiger partial charge in [-0.2, -0.15) is 21.3 Å². The summed E-state index contributed by atoms with van der Waals surface area (Å²) in [6, 6.07) is 60.0. The monoisotopic (exact) mass is 1300 g/mol. The van der Waals surface area contributed by atoms with Gasteiger partial charge in [0, 0.05) is 58.6 Å². The predicted octanol–water partition coefficient (Wildman–Crippen LogP) is 10.1. The van der Waals surface area contributed by atoms with Crippen LogP contribution in [0.3, 0.4) is 0 Å². The molecule has 12 aromatic rings. The zero-order chi connectivity index (χ0) is 46.8. The number of fused-ring (bicyclic) bond motifs is 11. The molecule has 348 valence electrons. The van der Waals surface area contributed by atoms with E-state index in [2.05, 4.69) is 121 Å². The van der Waals surface area contributed by atoms with Crippen molar-refractivity contribution >= 4 is 94.5 Å². The second kappa shape index (κ2) is 17.2. The molecule has 0 saturated heterocycles. The van der Waals surface area contributed by atoms with Crippen LogP contribution in [0.25, 0.3) is 82.7 Å². The number of ether oxygens (including phenoxy) is 2. The van der Waals surface area contributed by atoms with Crippen molar-refractivity contribution < 1.29 is 74.4 Å². The Hall–Kier alpha value is -8.29. The van der Waals surface area contributed by atoms with Gasteiger partial charge < -0.3 is 23.2 Å². The molecule has 0 spiro atoms. The van der Waals surface area contributed by atoms with Gasteiger partial charge in [-0.1, -0.05) is 112 Å². The molecule has 0 unspecified atom stereocenters. The first-order valence-corrected chi connectivity index (χ1v) is 22.7. The fraction of sp³-hybridized carbons (Fsp3) is 0.0702. The van der Waals surface area contributed by atoms with Crippen LogP contribution < -0.4 is 14.0 Å². The zero-order valence-corrected chi connectivity index (χ0v) is 43.4. The van der Waals surface area contributed by atoms with Crippen LogP contribution in [-0.4, -0.2) is 72.8 Å².